The van der Waals surface area contributed by atoms with Gasteiger partial charge in [-0.1, -0.05) is 33.1 Å². The van der Waals surface area contributed by atoms with Crippen molar-refractivity contribution in [2.75, 3.05) is 26.2 Å². The Hall–Kier alpha value is -0.0800. The van der Waals surface area contributed by atoms with E-state index in [1.807, 2.05) is 0 Å². The molecule has 3 rings (SSSR count). The zero-order valence-electron chi connectivity index (χ0n) is 11.6. The Morgan fingerprint density at radius 3 is 2.53 bits per heavy atom. The quantitative estimate of drug-likeness (QED) is 0.793. The summed E-state index contributed by atoms with van der Waals surface area (Å²) in [5, 5.41) is 3.84. The Morgan fingerprint density at radius 2 is 1.88 bits per heavy atom. The van der Waals surface area contributed by atoms with Crippen molar-refractivity contribution in [1.82, 2.24) is 10.2 Å². The van der Waals surface area contributed by atoms with Crippen molar-refractivity contribution in [1.29, 1.82) is 0 Å². The van der Waals surface area contributed by atoms with Gasteiger partial charge in [0.1, 0.15) is 0 Å². The van der Waals surface area contributed by atoms with Gasteiger partial charge >= 0.3 is 0 Å². The Balaban J connectivity index is 1.56. The van der Waals surface area contributed by atoms with Crippen LogP contribution >= 0.6 is 0 Å². The van der Waals surface area contributed by atoms with Gasteiger partial charge in [0.2, 0.25) is 0 Å². The first-order valence-electron chi connectivity index (χ1n) is 7.57. The summed E-state index contributed by atoms with van der Waals surface area (Å²) in [5.74, 6) is 0.973. The van der Waals surface area contributed by atoms with Crippen LogP contribution < -0.4 is 5.32 Å². The van der Waals surface area contributed by atoms with Gasteiger partial charge in [-0.3, -0.25) is 4.90 Å². The van der Waals surface area contributed by atoms with Crippen molar-refractivity contribution in [3.63, 3.8) is 0 Å². The Kier molecular flexibility index (Phi) is 2.99. The van der Waals surface area contributed by atoms with Gasteiger partial charge in [-0.05, 0) is 30.6 Å². The molecule has 1 spiro atoms. The highest BCUT2D eigenvalue weighted by atomic mass is 15.2. The van der Waals surface area contributed by atoms with E-state index in [-0.39, 0.29) is 0 Å². The fourth-order valence-corrected chi connectivity index (χ4v) is 3.96. The zero-order valence-corrected chi connectivity index (χ0v) is 11.6. The monoisotopic (exact) mass is 236 g/mol. The van der Waals surface area contributed by atoms with Crippen LogP contribution in [0.4, 0.5) is 0 Å². The lowest BCUT2D eigenvalue weighted by atomic mass is 9.80. The number of piperazine rings is 1. The van der Waals surface area contributed by atoms with E-state index in [0.717, 1.165) is 5.92 Å². The number of hydrogen-bond donors (Lipinski definition) is 1. The van der Waals surface area contributed by atoms with Gasteiger partial charge in [-0.25, -0.2) is 0 Å². The van der Waals surface area contributed by atoms with E-state index < -0.39 is 0 Å². The van der Waals surface area contributed by atoms with Crippen molar-refractivity contribution in [3.8, 4) is 0 Å². The summed E-state index contributed by atoms with van der Waals surface area (Å²) >= 11 is 0. The average Bonchev–Trinajstić information content (AvgIpc) is 2.87. The number of hydrogen-bond acceptors (Lipinski definition) is 2. The van der Waals surface area contributed by atoms with Crippen molar-refractivity contribution < 1.29 is 0 Å². The highest BCUT2D eigenvalue weighted by molar-refractivity contribution is 5.01. The van der Waals surface area contributed by atoms with Crippen LogP contribution in [-0.4, -0.2) is 36.6 Å². The van der Waals surface area contributed by atoms with Crippen LogP contribution in [0, 0.1) is 11.3 Å². The van der Waals surface area contributed by atoms with Crippen molar-refractivity contribution in [2.45, 2.75) is 57.9 Å². The van der Waals surface area contributed by atoms with E-state index in [2.05, 4.69) is 24.1 Å². The van der Waals surface area contributed by atoms with E-state index in [9.17, 15) is 0 Å². The zero-order chi connectivity index (χ0) is 11.9. The summed E-state index contributed by atoms with van der Waals surface area (Å²) in [6.07, 6.45) is 8.61. The first kappa shape index (κ1) is 12.0. The summed E-state index contributed by atoms with van der Waals surface area (Å²) < 4.78 is 0. The molecule has 1 N–H and O–H groups in total. The Morgan fingerprint density at radius 1 is 1.18 bits per heavy atom. The van der Waals surface area contributed by atoms with E-state index >= 15 is 0 Å². The SMILES string of the molecule is CC1(C)CC1CN1CCNC2(CCCCC2)C1. The maximum Gasteiger partial charge on any atom is 0.0309 e. The topological polar surface area (TPSA) is 15.3 Å². The van der Waals surface area contributed by atoms with Gasteiger partial charge in [-0.2, -0.15) is 0 Å². The van der Waals surface area contributed by atoms with E-state index in [0.29, 0.717) is 11.0 Å². The highest BCUT2D eigenvalue weighted by Crippen LogP contribution is 2.52. The molecule has 2 aliphatic carbocycles. The first-order valence-corrected chi connectivity index (χ1v) is 7.57. The molecule has 1 saturated heterocycles. The fourth-order valence-electron chi connectivity index (χ4n) is 3.96. The second kappa shape index (κ2) is 4.24. The van der Waals surface area contributed by atoms with Crippen LogP contribution in [0.5, 0.6) is 0 Å². The third kappa shape index (κ3) is 2.53. The molecule has 0 bridgehead atoms. The summed E-state index contributed by atoms with van der Waals surface area (Å²) in [6, 6.07) is 0. The van der Waals surface area contributed by atoms with Crippen molar-refractivity contribution in [2.24, 2.45) is 11.3 Å². The van der Waals surface area contributed by atoms with Gasteiger partial charge in [0.05, 0.1) is 0 Å². The number of nitrogens with one attached hydrogen (secondary N) is 1. The largest absolute Gasteiger partial charge is 0.309 e. The van der Waals surface area contributed by atoms with Gasteiger partial charge < -0.3 is 5.32 Å². The molecule has 98 valence electrons. The highest BCUT2D eigenvalue weighted by Gasteiger charge is 2.47. The molecule has 17 heavy (non-hydrogen) atoms. The molecule has 0 amide bonds. The van der Waals surface area contributed by atoms with E-state index in [1.165, 1.54) is 64.7 Å². The minimum Gasteiger partial charge on any atom is -0.309 e. The molecular weight excluding hydrogens is 208 g/mol. The summed E-state index contributed by atoms with van der Waals surface area (Å²) in [6.45, 7) is 10.0. The predicted octanol–water partition coefficient (Wildman–Crippen LogP) is 2.64. The maximum atomic E-state index is 3.84. The van der Waals surface area contributed by atoms with Crippen LogP contribution in [0.25, 0.3) is 0 Å². The molecule has 3 aliphatic rings. The van der Waals surface area contributed by atoms with Crippen LogP contribution in [0.3, 0.4) is 0 Å². The van der Waals surface area contributed by atoms with E-state index in [4.69, 9.17) is 0 Å². The van der Waals surface area contributed by atoms with Crippen molar-refractivity contribution >= 4 is 0 Å². The molecule has 0 aromatic rings. The normalized spacial score (nSPS) is 36.0. The second-order valence-corrected chi connectivity index (χ2v) is 7.39. The van der Waals surface area contributed by atoms with Crippen LogP contribution in [0.15, 0.2) is 0 Å². The molecular formula is C15H28N2. The molecule has 1 heterocycles. The molecule has 3 fully saturated rings. The summed E-state index contributed by atoms with van der Waals surface area (Å²) in [7, 11) is 0. The lowest BCUT2D eigenvalue weighted by molar-refractivity contribution is 0.0934. The third-order valence-electron chi connectivity index (χ3n) is 5.46. The molecule has 0 aromatic heterocycles. The molecule has 2 nitrogen and oxygen atoms in total. The molecule has 2 saturated carbocycles. The van der Waals surface area contributed by atoms with Crippen LogP contribution in [0.1, 0.15) is 52.4 Å². The molecule has 1 unspecified atom stereocenters. The smallest absolute Gasteiger partial charge is 0.0309 e. The van der Waals surface area contributed by atoms with Gasteiger partial charge in [0.15, 0.2) is 0 Å². The number of rotatable bonds is 2. The second-order valence-electron chi connectivity index (χ2n) is 7.39. The molecule has 1 atom stereocenters. The Labute approximate surface area is 106 Å². The molecule has 0 radical (unpaired) electrons. The molecule has 1 aliphatic heterocycles. The van der Waals surface area contributed by atoms with Gasteiger partial charge in [0.25, 0.3) is 0 Å². The van der Waals surface area contributed by atoms with Gasteiger partial charge in [-0.15, -0.1) is 0 Å². The first-order chi connectivity index (χ1) is 8.10. The van der Waals surface area contributed by atoms with E-state index in [1.54, 1.807) is 0 Å². The summed E-state index contributed by atoms with van der Waals surface area (Å²) in [5.41, 5.74) is 1.14. The van der Waals surface area contributed by atoms with Crippen LogP contribution in [-0.2, 0) is 0 Å². The lowest BCUT2D eigenvalue weighted by Crippen LogP contribution is -2.61. The minimum absolute atomic E-state index is 0.496. The molecule has 0 aromatic carbocycles. The number of nitrogens with zero attached hydrogens (tertiary/aromatic N) is 1. The van der Waals surface area contributed by atoms with Crippen LogP contribution in [0.2, 0.25) is 0 Å². The van der Waals surface area contributed by atoms with Crippen molar-refractivity contribution in [3.05, 3.63) is 0 Å². The average molecular weight is 236 g/mol. The predicted molar refractivity (Wildman–Crippen MR) is 72.1 cm³/mol. The molecule has 2 heteroatoms. The lowest BCUT2D eigenvalue weighted by Gasteiger charge is -2.46. The third-order valence-corrected chi connectivity index (χ3v) is 5.46. The maximum absolute atomic E-state index is 3.84. The standard InChI is InChI=1S/C15H28N2/c1-14(2)10-13(14)11-17-9-8-16-15(12-17)6-4-3-5-7-15/h13,16H,3-12H2,1-2H3. The Bertz CT molecular complexity index is 273. The fraction of sp³-hybridized carbons (Fsp3) is 1.00. The summed E-state index contributed by atoms with van der Waals surface area (Å²) in [4.78, 5) is 2.75. The van der Waals surface area contributed by atoms with Gasteiger partial charge in [0, 0.05) is 31.7 Å². The minimum atomic E-state index is 0.496.